The Bertz CT molecular complexity index is 1090. The van der Waals surface area contributed by atoms with Crippen molar-refractivity contribution in [3.8, 4) is 0 Å². The molecule has 0 unspecified atom stereocenters. The van der Waals surface area contributed by atoms with E-state index >= 15 is 0 Å². The molecule has 0 saturated carbocycles. The van der Waals surface area contributed by atoms with Crippen LogP contribution in [0.2, 0.25) is 0 Å². The summed E-state index contributed by atoms with van der Waals surface area (Å²) in [5.74, 6) is 0.554. The van der Waals surface area contributed by atoms with E-state index in [0.717, 1.165) is 12.1 Å². The summed E-state index contributed by atoms with van der Waals surface area (Å²) >= 11 is 0. The van der Waals surface area contributed by atoms with Crippen molar-refractivity contribution >= 4 is 22.6 Å². The maximum atomic E-state index is 13.2. The summed E-state index contributed by atoms with van der Waals surface area (Å²) in [4.78, 5) is 32.6. The molecule has 2 aromatic carbocycles. The average molecular weight is 423 g/mol. The van der Waals surface area contributed by atoms with Crippen molar-refractivity contribution in [3.05, 3.63) is 70.3 Å². The first-order valence-electron chi connectivity index (χ1n) is 10.6. The topological polar surface area (TPSA) is 76.5 Å². The highest BCUT2D eigenvalue weighted by molar-refractivity contribution is 5.89. The Morgan fingerprint density at radius 1 is 1.16 bits per heavy atom. The van der Waals surface area contributed by atoms with Crippen LogP contribution in [0.4, 0.5) is 10.5 Å². The molecular weight excluding hydrogens is 392 g/mol. The third kappa shape index (κ3) is 4.94. The number of carbonyl (C=O) groups is 1. The predicted octanol–water partition coefficient (Wildman–Crippen LogP) is 4.22. The molecule has 3 aromatic rings. The molecule has 1 aromatic heterocycles. The molecule has 0 fully saturated rings. The molecule has 0 radical (unpaired) electrons. The zero-order valence-corrected chi connectivity index (χ0v) is 18.6. The van der Waals surface area contributed by atoms with Crippen molar-refractivity contribution in [2.45, 2.75) is 39.8 Å². The first-order valence-corrected chi connectivity index (χ1v) is 10.6. The van der Waals surface area contributed by atoms with Crippen LogP contribution in [-0.4, -0.2) is 40.7 Å². The molecule has 1 heterocycles. The van der Waals surface area contributed by atoms with Crippen LogP contribution in [0.3, 0.4) is 0 Å². The zero-order chi connectivity index (χ0) is 22.4. The number of benzene rings is 2. The van der Waals surface area contributed by atoms with E-state index in [1.807, 2.05) is 56.3 Å². The highest BCUT2D eigenvalue weighted by atomic mass is 16.5. The van der Waals surface area contributed by atoms with Crippen molar-refractivity contribution in [3.63, 3.8) is 0 Å². The number of aromatic nitrogens is 2. The summed E-state index contributed by atoms with van der Waals surface area (Å²) in [5.41, 5.74) is 2.45. The SMILES string of the molecule is CCc1ccc(NC(=O)N(CCOC)[C@@H](C)c2nc3ccccc3c(=O)n2CC)cc1. The lowest BCUT2D eigenvalue weighted by atomic mass is 10.1. The lowest BCUT2D eigenvalue weighted by molar-refractivity contribution is 0.136. The molecule has 0 spiro atoms. The van der Waals surface area contributed by atoms with Gasteiger partial charge in [0.2, 0.25) is 0 Å². The first kappa shape index (κ1) is 22.5. The number of amides is 2. The Hall–Kier alpha value is -3.19. The van der Waals surface area contributed by atoms with Gasteiger partial charge in [-0.25, -0.2) is 9.78 Å². The van der Waals surface area contributed by atoms with Crippen molar-refractivity contribution < 1.29 is 9.53 Å². The second-order valence-corrected chi connectivity index (χ2v) is 7.38. The summed E-state index contributed by atoms with van der Waals surface area (Å²) in [6, 6.07) is 14.4. The Labute approximate surface area is 182 Å². The Kier molecular flexibility index (Phi) is 7.41. The molecule has 164 valence electrons. The highest BCUT2D eigenvalue weighted by Gasteiger charge is 2.26. The lowest BCUT2D eigenvalue weighted by Crippen LogP contribution is -2.41. The van der Waals surface area contributed by atoms with Gasteiger partial charge in [0.05, 0.1) is 23.6 Å². The van der Waals surface area contributed by atoms with Crippen LogP contribution < -0.4 is 10.9 Å². The maximum absolute atomic E-state index is 13.2. The molecule has 7 heteroatoms. The number of ether oxygens (including phenoxy) is 1. The van der Waals surface area contributed by atoms with E-state index < -0.39 is 6.04 Å². The maximum Gasteiger partial charge on any atom is 0.322 e. The van der Waals surface area contributed by atoms with Gasteiger partial charge in [-0.15, -0.1) is 0 Å². The highest BCUT2D eigenvalue weighted by Crippen LogP contribution is 2.21. The van der Waals surface area contributed by atoms with E-state index in [4.69, 9.17) is 9.72 Å². The second-order valence-electron chi connectivity index (χ2n) is 7.38. The number of nitrogens with zero attached hydrogens (tertiary/aromatic N) is 3. The van der Waals surface area contributed by atoms with Crippen LogP contribution in [0, 0.1) is 0 Å². The molecule has 1 atom stereocenters. The van der Waals surface area contributed by atoms with Gasteiger partial charge in [0.1, 0.15) is 5.82 Å². The van der Waals surface area contributed by atoms with Gasteiger partial charge in [0.25, 0.3) is 5.56 Å². The van der Waals surface area contributed by atoms with Crippen molar-refractivity contribution in [2.75, 3.05) is 25.6 Å². The largest absolute Gasteiger partial charge is 0.383 e. The minimum absolute atomic E-state index is 0.0998. The molecule has 0 saturated heterocycles. The van der Waals surface area contributed by atoms with Crippen molar-refractivity contribution in [1.29, 1.82) is 0 Å². The third-order valence-electron chi connectivity index (χ3n) is 5.46. The molecule has 3 rings (SSSR count). The predicted molar refractivity (Wildman–Crippen MR) is 124 cm³/mol. The molecule has 0 bridgehead atoms. The molecule has 31 heavy (non-hydrogen) atoms. The van der Waals surface area contributed by atoms with Gasteiger partial charge < -0.3 is 15.0 Å². The van der Waals surface area contributed by atoms with Crippen molar-refractivity contribution in [1.82, 2.24) is 14.5 Å². The normalized spacial score (nSPS) is 12.0. The van der Waals surface area contributed by atoms with Crippen LogP contribution in [0.15, 0.2) is 53.3 Å². The third-order valence-corrected chi connectivity index (χ3v) is 5.46. The number of hydrogen-bond acceptors (Lipinski definition) is 4. The summed E-state index contributed by atoms with van der Waals surface area (Å²) in [7, 11) is 1.60. The van der Waals surface area contributed by atoms with Crippen molar-refractivity contribution in [2.24, 2.45) is 0 Å². The number of anilines is 1. The number of methoxy groups -OCH3 is 1. The van der Waals surface area contributed by atoms with E-state index in [1.165, 1.54) is 5.56 Å². The van der Waals surface area contributed by atoms with Crippen LogP contribution in [0.1, 0.15) is 38.2 Å². The van der Waals surface area contributed by atoms with E-state index in [0.29, 0.717) is 36.4 Å². The summed E-state index contributed by atoms with van der Waals surface area (Å²) in [6.45, 7) is 7.08. The number of urea groups is 1. The minimum atomic E-state index is -0.428. The number of carbonyl (C=O) groups excluding carboxylic acids is 1. The molecular formula is C24H30N4O3. The Morgan fingerprint density at radius 3 is 2.52 bits per heavy atom. The fourth-order valence-corrected chi connectivity index (χ4v) is 3.63. The van der Waals surface area contributed by atoms with Gasteiger partial charge in [-0.05, 0) is 50.1 Å². The van der Waals surface area contributed by atoms with E-state index in [2.05, 4.69) is 12.2 Å². The number of aryl methyl sites for hydroxylation is 1. The van der Waals surface area contributed by atoms with Gasteiger partial charge in [-0.3, -0.25) is 9.36 Å². The van der Waals surface area contributed by atoms with Crippen LogP contribution in [0.5, 0.6) is 0 Å². The van der Waals surface area contributed by atoms with Crippen LogP contribution in [-0.2, 0) is 17.7 Å². The fraction of sp³-hybridized carbons (Fsp3) is 0.375. The fourth-order valence-electron chi connectivity index (χ4n) is 3.63. The van der Waals surface area contributed by atoms with E-state index in [1.54, 1.807) is 22.6 Å². The molecule has 0 aliphatic carbocycles. The standard InChI is InChI=1S/C24H30N4O3/c1-5-18-11-13-19(14-12-18)25-24(30)28(15-16-31-4)17(3)22-26-21-10-8-7-9-20(21)23(29)27(22)6-2/h7-14,17H,5-6,15-16H2,1-4H3,(H,25,30)/t17-/m0/s1. The number of nitrogens with one attached hydrogen (secondary N) is 1. The molecule has 7 nitrogen and oxygen atoms in total. The van der Waals surface area contributed by atoms with E-state index in [-0.39, 0.29) is 11.6 Å². The van der Waals surface area contributed by atoms with E-state index in [9.17, 15) is 9.59 Å². The average Bonchev–Trinajstić information content (AvgIpc) is 2.79. The van der Waals surface area contributed by atoms with Crippen LogP contribution in [0.25, 0.3) is 10.9 Å². The second kappa shape index (κ2) is 10.2. The Morgan fingerprint density at radius 2 is 1.87 bits per heavy atom. The molecule has 1 N–H and O–H groups in total. The summed E-state index contributed by atoms with van der Waals surface area (Å²) in [6.07, 6.45) is 0.938. The Balaban J connectivity index is 1.96. The lowest BCUT2D eigenvalue weighted by Gasteiger charge is -2.30. The first-order chi connectivity index (χ1) is 15.0. The van der Waals surface area contributed by atoms with Crippen LogP contribution >= 0.6 is 0 Å². The molecule has 0 aliphatic rings. The van der Waals surface area contributed by atoms with Gasteiger partial charge in [0, 0.05) is 25.9 Å². The summed E-state index contributed by atoms with van der Waals surface area (Å²) < 4.78 is 6.86. The molecule has 0 aliphatic heterocycles. The van der Waals surface area contributed by atoms with Gasteiger partial charge >= 0.3 is 6.03 Å². The quantitative estimate of drug-likeness (QED) is 0.590. The summed E-state index contributed by atoms with van der Waals surface area (Å²) in [5, 5.41) is 3.53. The number of para-hydroxylation sites is 1. The smallest absolute Gasteiger partial charge is 0.322 e. The monoisotopic (exact) mass is 422 g/mol. The molecule has 2 amide bonds. The number of hydrogen-bond donors (Lipinski definition) is 1. The van der Waals surface area contributed by atoms with Gasteiger partial charge in [-0.2, -0.15) is 0 Å². The zero-order valence-electron chi connectivity index (χ0n) is 18.6. The minimum Gasteiger partial charge on any atom is -0.383 e. The number of rotatable bonds is 8. The van der Waals surface area contributed by atoms with Gasteiger partial charge in [-0.1, -0.05) is 31.2 Å². The number of fused-ring (bicyclic) bond motifs is 1. The van der Waals surface area contributed by atoms with Gasteiger partial charge in [0.15, 0.2) is 0 Å².